The molecular weight excluding hydrogens is 184 g/mol. The topological polar surface area (TPSA) is 66.8 Å². The van der Waals surface area contributed by atoms with Crippen LogP contribution in [0.1, 0.15) is 32.1 Å². The molecule has 2 fully saturated rings. The summed E-state index contributed by atoms with van der Waals surface area (Å²) in [5.74, 6) is -0.437. The van der Waals surface area contributed by atoms with E-state index in [2.05, 4.69) is 0 Å². The number of carbonyl (C=O) groups is 1. The smallest absolute Gasteiger partial charge is 0.338 e. The van der Waals surface area contributed by atoms with Crippen LogP contribution in [-0.4, -0.2) is 34.5 Å². The van der Waals surface area contributed by atoms with Crippen LogP contribution in [-0.2, 0) is 9.53 Å². The Labute approximate surface area is 82.9 Å². The summed E-state index contributed by atoms with van der Waals surface area (Å²) < 4.78 is 4.99. The van der Waals surface area contributed by atoms with E-state index in [-0.39, 0.29) is 5.92 Å². The normalized spacial score (nSPS) is 39.9. The average Bonchev–Trinajstić information content (AvgIpc) is 2.47. The van der Waals surface area contributed by atoms with Crippen molar-refractivity contribution < 1.29 is 19.7 Å². The van der Waals surface area contributed by atoms with Crippen LogP contribution in [0.3, 0.4) is 0 Å². The predicted octanol–water partition coefficient (Wildman–Crippen LogP) is 0.214. The Morgan fingerprint density at radius 1 is 1.14 bits per heavy atom. The van der Waals surface area contributed by atoms with E-state index in [4.69, 9.17) is 4.74 Å². The zero-order chi connectivity index (χ0) is 10.1. The van der Waals surface area contributed by atoms with Crippen LogP contribution in [0.2, 0.25) is 0 Å². The van der Waals surface area contributed by atoms with E-state index in [1.165, 1.54) is 6.42 Å². The Morgan fingerprint density at radius 2 is 1.79 bits per heavy atom. The third-order valence-corrected chi connectivity index (χ3v) is 3.27. The third kappa shape index (κ3) is 1.64. The van der Waals surface area contributed by atoms with E-state index in [0.29, 0.717) is 0 Å². The van der Waals surface area contributed by atoms with E-state index in [0.717, 1.165) is 25.7 Å². The molecule has 0 amide bonds. The number of ether oxygens (including phenoxy) is 1. The van der Waals surface area contributed by atoms with Crippen LogP contribution in [0.4, 0.5) is 0 Å². The highest BCUT2D eigenvalue weighted by atomic mass is 16.6. The fraction of sp³-hybridized carbons (Fsp3) is 0.900. The largest absolute Gasteiger partial charge is 0.457 e. The highest BCUT2D eigenvalue weighted by Gasteiger charge is 2.46. The molecule has 14 heavy (non-hydrogen) atoms. The molecule has 0 aromatic heterocycles. The van der Waals surface area contributed by atoms with Crippen molar-refractivity contribution >= 4 is 5.97 Å². The van der Waals surface area contributed by atoms with Gasteiger partial charge in [0.25, 0.3) is 0 Å². The first-order chi connectivity index (χ1) is 6.70. The molecule has 0 bridgehead atoms. The summed E-state index contributed by atoms with van der Waals surface area (Å²) in [6, 6.07) is 0. The number of esters is 1. The molecule has 2 N–H and O–H groups in total. The van der Waals surface area contributed by atoms with Crippen LogP contribution in [0, 0.1) is 5.92 Å². The summed E-state index contributed by atoms with van der Waals surface area (Å²) in [4.78, 5) is 11.0. The lowest BCUT2D eigenvalue weighted by molar-refractivity contribution is -0.149. The second kappa shape index (κ2) is 3.87. The maximum absolute atomic E-state index is 11.0. The van der Waals surface area contributed by atoms with Gasteiger partial charge in [0.1, 0.15) is 12.2 Å². The van der Waals surface area contributed by atoms with E-state index < -0.39 is 24.3 Å². The Kier molecular flexibility index (Phi) is 2.74. The van der Waals surface area contributed by atoms with Gasteiger partial charge in [0.2, 0.25) is 0 Å². The lowest BCUT2D eigenvalue weighted by Gasteiger charge is -2.27. The Bertz CT molecular complexity index is 222. The fourth-order valence-electron chi connectivity index (χ4n) is 2.43. The van der Waals surface area contributed by atoms with Gasteiger partial charge in [-0.25, -0.2) is 4.79 Å². The van der Waals surface area contributed by atoms with Crippen molar-refractivity contribution in [3.8, 4) is 0 Å². The molecule has 0 aromatic rings. The van der Waals surface area contributed by atoms with E-state index in [1.807, 2.05) is 0 Å². The molecule has 1 aliphatic heterocycles. The standard InChI is InChI=1S/C10H16O4/c11-7-8(12)10(13)14-9(7)6-4-2-1-3-5-6/h6-9,11-12H,1-5H2/t7-,8-,9-/m1/s1. The predicted molar refractivity (Wildman–Crippen MR) is 48.5 cm³/mol. The highest BCUT2D eigenvalue weighted by Crippen LogP contribution is 2.33. The molecule has 3 atom stereocenters. The number of aliphatic hydroxyl groups is 2. The Balaban J connectivity index is 2.00. The minimum atomic E-state index is -1.33. The van der Waals surface area contributed by atoms with Crippen molar-refractivity contribution in [2.45, 2.75) is 50.4 Å². The number of hydrogen-bond donors (Lipinski definition) is 2. The van der Waals surface area contributed by atoms with Gasteiger partial charge in [-0.1, -0.05) is 19.3 Å². The molecule has 1 saturated carbocycles. The molecular formula is C10H16O4. The molecule has 4 heteroatoms. The van der Waals surface area contributed by atoms with Gasteiger partial charge in [-0.2, -0.15) is 0 Å². The van der Waals surface area contributed by atoms with Crippen molar-refractivity contribution in [3.05, 3.63) is 0 Å². The molecule has 1 aliphatic carbocycles. The van der Waals surface area contributed by atoms with Gasteiger partial charge < -0.3 is 14.9 Å². The van der Waals surface area contributed by atoms with Gasteiger partial charge in [0.05, 0.1) is 0 Å². The molecule has 4 nitrogen and oxygen atoms in total. The van der Waals surface area contributed by atoms with Gasteiger partial charge in [-0.3, -0.25) is 0 Å². The van der Waals surface area contributed by atoms with E-state index in [1.54, 1.807) is 0 Å². The van der Waals surface area contributed by atoms with Crippen molar-refractivity contribution in [1.29, 1.82) is 0 Å². The number of rotatable bonds is 1. The molecule has 1 saturated heterocycles. The quantitative estimate of drug-likeness (QED) is 0.594. The second-order valence-electron chi connectivity index (χ2n) is 4.24. The second-order valence-corrected chi connectivity index (χ2v) is 4.24. The van der Waals surface area contributed by atoms with Crippen LogP contribution < -0.4 is 0 Å². The molecule has 0 unspecified atom stereocenters. The minimum absolute atomic E-state index is 0.236. The SMILES string of the molecule is O=C1O[C@H](C2CCCCC2)[C@H](O)[C@H]1O. The van der Waals surface area contributed by atoms with E-state index in [9.17, 15) is 15.0 Å². The van der Waals surface area contributed by atoms with Crippen LogP contribution in [0.5, 0.6) is 0 Å². The van der Waals surface area contributed by atoms with Gasteiger partial charge in [0.15, 0.2) is 6.10 Å². The zero-order valence-corrected chi connectivity index (χ0v) is 8.06. The van der Waals surface area contributed by atoms with Crippen LogP contribution in [0.15, 0.2) is 0 Å². The molecule has 0 aromatic carbocycles. The summed E-state index contributed by atoms with van der Waals surface area (Å²) in [5, 5.41) is 18.8. The van der Waals surface area contributed by atoms with Gasteiger partial charge in [0, 0.05) is 0 Å². The molecule has 80 valence electrons. The first-order valence-corrected chi connectivity index (χ1v) is 5.27. The van der Waals surface area contributed by atoms with Crippen LogP contribution >= 0.6 is 0 Å². The maximum Gasteiger partial charge on any atom is 0.338 e. The number of aliphatic hydroxyl groups excluding tert-OH is 2. The highest BCUT2D eigenvalue weighted by molar-refractivity contribution is 5.77. The molecule has 0 radical (unpaired) electrons. The zero-order valence-electron chi connectivity index (χ0n) is 8.06. The monoisotopic (exact) mass is 200 g/mol. The van der Waals surface area contributed by atoms with Gasteiger partial charge in [-0.05, 0) is 18.8 Å². The Hall–Kier alpha value is -0.610. The van der Waals surface area contributed by atoms with E-state index >= 15 is 0 Å². The van der Waals surface area contributed by atoms with Crippen molar-refractivity contribution in [3.63, 3.8) is 0 Å². The van der Waals surface area contributed by atoms with Crippen LogP contribution in [0.25, 0.3) is 0 Å². The number of cyclic esters (lactones) is 1. The lowest BCUT2D eigenvalue weighted by atomic mass is 9.83. The first kappa shape index (κ1) is 9.93. The summed E-state index contributed by atoms with van der Waals surface area (Å²) in [6.45, 7) is 0. The summed E-state index contributed by atoms with van der Waals surface area (Å²) in [5.41, 5.74) is 0. The summed E-state index contributed by atoms with van der Waals surface area (Å²) in [7, 11) is 0. The number of carbonyl (C=O) groups excluding carboxylic acids is 1. The third-order valence-electron chi connectivity index (χ3n) is 3.27. The van der Waals surface area contributed by atoms with Crippen molar-refractivity contribution in [2.24, 2.45) is 5.92 Å². The minimum Gasteiger partial charge on any atom is -0.457 e. The maximum atomic E-state index is 11.0. The average molecular weight is 200 g/mol. The fourth-order valence-corrected chi connectivity index (χ4v) is 2.43. The molecule has 0 spiro atoms. The van der Waals surface area contributed by atoms with Gasteiger partial charge >= 0.3 is 5.97 Å². The lowest BCUT2D eigenvalue weighted by Crippen LogP contribution is -2.36. The first-order valence-electron chi connectivity index (χ1n) is 5.27. The van der Waals surface area contributed by atoms with Crippen molar-refractivity contribution in [1.82, 2.24) is 0 Å². The molecule has 2 rings (SSSR count). The van der Waals surface area contributed by atoms with Crippen molar-refractivity contribution in [2.75, 3.05) is 0 Å². The van der Waals surface area contributed by atoms with Gasteiger partial charge in [-0.15, -0.1) is 0 Å². The molecule has 1 heterocycles. The summed E-state index contributed by atoms with van der Waals surface area (Å²) >= 11 is 0. The molecule has 2 aliphatic rings. The Morgan fingerprint density at radius 3 is 2.29 bits per heavy atom. The summed E-state index contributed by atoms with van der Waals surface area (Å²) in [6.07, 6.45) is 2.62. The number of hydrogen-bond acceptors (Lipinski definition) is 4.